The van der Waals surface area contributed by atoms with Crippen LogP contribution in [0.2, 0.25) is 0 Å². The van der Waals surface area contributed by atoms with E-state index in [2.05, 4.69) is 57.8 Å². The van der Waals surface area contributed by atoms with E-state index in [1.54, 1.807) is 0 Å². The number of nitrogens with zero attached hydrogens (tertiary/aromatic N) is 2. The van der Waals surface area contributed by atoms with Crippen LogP contribution < -0.4 is 5.32 Å². The standard InChI is InChI=1S/C23H23N3/c1-17-24-20(15-14-18-8-3-2-4-9-18)16-23(25-17)26-22-13-7-11-19-10-5-6-12-21(19)22/h2-6,8-10,12,14-16,22H,7,11,13H2,1H3,(H,24,25,26). The predicted molar refractivity (Wildman–Crippen MR) is 108 cm³/mol. The minimum Gasteiger partial charge on any atom is -0.363 e. The van der Waals surface area contributed by atoms with Crippen LogP contribution >= 0.6 is 0 Å². The molecule has 2 aromatic carbocycles. The van der Waals surface area contributed by atoms with E-state index < -0.39 is 0 Å². The van der Waals surface area contributed by atoms with Gasteiger partial charge in [-0.3, -0.25) is 0 Å². The van der Waals surface area contributed by atoms with Gasteiger partial charge >= 0.3 is 0 Å². The Kier molecular flexibility index (Phi) is 4.78. The van der Waals surface area contributed by atoms with Crippen molar-refractivity contribution in [3.05, 3.63) is 88.9 Å². The molecule has 0 fully saturated rings. The second-order valence-electron chi connectivity index (χ2n) is 6.76. The highest BCUT2D eigenvalue weighted by Gasteiger charge is 2.20. The number of hydrogen-bond acceptors (Lipinski definition) is 3. The summed E-state index contributed by atoms with van der Waals surface area (Å²) in [5.74, 6) is 1.68. The Morgan fingerprint density at radius 3 is 2.65 bits per heavy atom. The van der Waals surface area contributed by atoms with Crippen LogP contribution in [0.25, 0.3) is 12.2 Å². The molecule has 3 heteroatoms. The highest BCUT2D eigenvalue weighted by atomic mass is 15.0. The van der Waals surface area contributed by atoms with Crippen molar-refractivity contribution in [2.45, 2.75) is 32.2 Å². The summed E-state index contributed by atoms with van der Waals surface area (Å²) in [6, 6.07) is 21.3. The van der Waals surface area contributed by atoms with Gasteiger partial charge in [0.1, 0.15) is 11.6 Å². The number of aromatic nitrogens is 2. The lowest BCUT2D eigenvalue weighted by Crippen LogP contribution is -2.18. The van der Waals surface area contributed by atoms with Gasteiger partial charge in [-0.05, 0) is 49.0 Å². The van der Waals surface area contributed by atoms with Crippen molar-refractivity contribution in [3.8, 4) is 0 Å². The quantitative estimate of drug-likeness (QED) is 0.686. The molecule has 0 aliphatic heterocycles. The average molecular weight is 341 g/mol. The molecule has 0 saturated heterocycles. The van der Waals surface area contributed by atoms with Gasteiger partial charge in [-0.2, -0.15) is 0 Å². The van der Waals surface area contributed by atoms with Crippen LogP contribution in [0.4, 0.5) is 5.82 Å². The van der Waals surface area contributed by atoms with E-state index in [4.69, 9.17) is 0 Å². The van der Waals surface area contributed by atoms with Gasteiger partial charge in [0, 0.05) is 6.07 Å². The molecule has 130 valence electrons. The van der Waals surface area contributed by atoms with Crippen LogP contribution in [0, 0.1) is 6.92 Å². The zero-order valence-corrected chi connectivity index (χ0v) is 15.0. The smallest absolute Gasteiger partial charge is 0.130 e. The molecule has 0 bridgehead atoms. The highest BCUT2D eigenvalue weighted by Crippen LogP contribution is 2.32. The molecule has 1 aliphatic rings. The molecule has 0 saturated carbocycles. The lowest BCUT2D eigenvalue weighted by molar-refractivity contribution is 0.598. The lowest BCUT2D eigenvalue weighted by Gasteiger charge is -2.26. The Morgan fingerprint density at radius 2 is 1.77 bits per heavy atom. The van der Waals surface area contributed by atoms with Crippen molar-refractivity contribution in [1.29, 1.82) is 0 Å². The van der Waals surface area contributed by atoms with Crippen LogP contribution in [0.15, 0.2) is 60.7 Å². The molecule has 1 atom stereocenters. The highest BCUT2D eigenvalue weighted by molar-refractivity contribution is 5.69. The Labute approximate surface area is 154 Å². The van der Waals surface area contributed by atoms with E-state index in [9.17, 15) is 0 Å². The Bertz CT molecular complexity index is 916. The van der Waals surface area contributed by atoms with E-state index in [-0.39, 0.29) is 0 Å². The van der Waals surface area contributed by atoms with Crippen molar-refractivity contribution in [3.63, 3.8) is 0 Å². The average Bonchev–Trinajstić information content (AvgIpc) is 2.67. The third-order valence-electron chi connectivity index (χ3n) is 4.80. The summed E-state index contributed by atoms with van der Waals surface area (Å²) in [5, 5.41) is 3.63. The van der Waals surface area contributed by atoms with E-state index in [1.165, 1.54) is 29.5 Å². The first-order valence-corrected chi connectivity index (χ1v) is 9.21. The summed E-state index contributed by atoms with van der Waals surface area (Å²) in [5.41, 5.74) is 4.94. The number of fused-ring (bicyclic) bond motifs is 1. The molecule has 0 radical (unpaired) electrons. The van der Waals surface area contributed by atoms with Crippen LogP contribution in [0.1, 0.15) is 47.1 Å². The first-order valence-electron chi connectivity index (χ1n) is 9.21. The number of hydrogen-bond donors (Lipinski definition) is 1. The summed E-state index contributed by atoms with van der Waals surface area (Å²) in [6.45, 7) is 1.94. The monoisotopic (exact) mass is 341 g/mol. The lowest BCUT2D eigenvalue weighted by atomic mass is 9.88. The van der Waals surface area contributed by atoms with Crippen LogP contribution in [-0.2, 0) is 6.42 Å². The zero-order chi connectivity index (χ0) is 17.8. The number of aryl methyl sites for hydroxylation is 2. The Balaban J connectivity index is 1.57. The second-order valence-corrected chi connectivity index (χ2v) is 6.76. The van der Waals surface area contributed by atoms with Crippen LogP contribution in [0.3, 0.4) is 0 Å². The molecule has 0 amide bonds. The largest absolute Gasteiger partial charge is 0.363 e. The maximum absolute atomic E-state index is 4.60. The molecule has 26 heavy (non-hydrogen) atoms. The first-order chi connectivity index (χ1) is 12.8. The van der Waals surface area contributed by atoms with Crippen molar-refractivity contribution in [1.82, 2.24) is 9.97 Å². The number of anilines is 1. The fourth-order valence-electron chi connectivity index (χ4n) is 3.58. The summed E-state index contributed by atoms with van der Waals surface area (Å²) in [4.78, 5) is 9.15. The fourth-order valence-corrected chi connectivity index (χ4v) is 3.58. The summed E-state index contributed by atoms with van der Waals surface area (Å²) < 4.78 is 0. The van der Waals surface area contributed by atoms with Crippen molar-refractivity contribution < 1.29 is 0 Å². The molecule has 1 unspecified atom stereocenters. The van der Waals surface area contributed by atoms with Gasteiger partial charge in [0.15, 0.2) is 0 Å². The molecular weight excluding hydrogens is 318 g/mol. The normalized spacial score (nSPS) is 16.4. The molecule has 1 aliphatic carbocycles. The molecular formula is C23H23N3. The first kappa shape index (κ1) is 16.5. The SMILES string of the molecule is Cc1nc(C=Cc2ccccc2)cc(NC2CCCc3ccccc32)n1. The van der Waals surface area contributed by atoms with Gasteiger partial charge < -0.3 is 5.32 Å². The van der Waals surface area contributed by atoms with Crippen molar-refractivity contribution in [2.75, 3.05) is 5.32 Å². The van der Waals surface area contributed by atoms with Gasteiger partial charge in [-0.25, -0.2) is 9.97 Å². The maximum atomic E-state index is 4.60. The van der Waals surface area contributed by atoms with Gasteiger partial charge in [0.25, 0.3) is 0 Å². The Morgan fingerprint density at radius 1 is 0.962 bits per heavy atom. The molecule has 4 rings (SSSR count). The third kappa shape index (κ3) is 3.83. The summed E-state index contributed by atoms with van der Waals surface area (Å²) in [7, 11) is 0. The van der Waals surface area contributed by atoms with E-state index in [0.29, 0.717) is 6.04 Å². The van der Waals surface area contributed by atoms with Crippen molar-refractivity contribution in [2.24, 2.45) is 0 Å². The predicted octanol–water partition coefficient (Wildman–Crippen LogP) is 5.44. The van der Waals surface area contributed by atoms with Crippen molar-refractivity contribution >= 4 is 18.0 Å². The van der Waals surface area contributed by atoms with Crippen LogP contribution in [0.5, 0.6) is 0 Å². The molecule has 3 aromatic rings. The molecule has 1 heterocycles. The molecule has 0 spiro atoms. The number of rotatable bonds is 4. The Hall–Kier alpha value is -2.94. The number of nitrogens with one attached hydrogen (secondary N) is 1. The van der Waals surface area contributed by atoms with E-state index in [1.807, 2.05) is 37.3 Å². The third-order valence-corrected chi connectivity index (χ3v) is 4.80. The second kappa shape index (κ2) is 7.52. The molecule has 3 nitrogen and oxygen atoms in total. The van der Waals surface area contributed by atoms with Gasteiger partial charge in [-0.15, -0.1) is 0 Å². The molecule has 1 aromatic heterocycles. The zero-order valence-electron chi connectivity index (χ0n) is 15.0. The minimum absolute atomic E-state index is 0.320. The topological polar surface area (TPSA) is 37.8 Å². The van der Waals surface area contributed by atoms with Crippen LogP contribution in [-0.4, -0.2) is 9.97 Å². The van der Waals surface area contributed by atoms with E-state index >= 15 is 0 Å². The van der Waals surface area contributed by atoms with E-state index in [0.717, 1.165) is 23.8 Å². The summed E-state index contributed by atoms with van der Waals surface area (Å²) in [6.07, 6.45) is 7.64. The number of benzene rings is 2. The summed E-state index contributed by atoms with van der Waals surface area (Å²) >= 11 is 0. The minimum atomic E-state index is 0.320. The maximum Gasteiger partial charge on any atom is 0.130 e. The van der Waals surface area contributed by atoms with Gasteiger partial charge in [0.05, 0.1) is 11.7 Å². The van der Waals surface area contributed by atoms with Gasteiger partial charge in [0.2, 0.25) is 0 Å². The van der Waals surface area contributed by atoms with Gasteiger partial charge in [-0.1, -0.05) is 60.7 Å². The fraction of sp³-hybridized carbons (Fsp3) is 0.217. The molecule has 1 N–H and O–H groups in total.